The Hall–Kier alpha value is -1.51. The van der Waals surface area contributed by atoms with Crippen LogP contribution in [0.2, 0.25) is 0 Å². The van der Waals surface area contributed by atoms with Gasteiger partial charge in [0.25, 0.3) is 0 Å². The van der Waals surface area contributed by atoms with Crippen molar-refractivity contribution in [2.24, 2.45) is 0 Å². The minimum atomic E-state index is -4.08. The number of hydrogen-bond donors (Lipinski definition) is 3. The number of carbonyl (C=O) groups is 1. The van der Waals surface area contributed by atoms with E-state index in [1.807, 2.05) is 0 Å². The van der Waals surface area contributed by atoms with Crippen LogP contribution in [0.25, 0.3) is 0 Å². The van der Waals surface area contributed by atoms with Crippen LogP contribution in [0, 0.1) is 5.82 Å². The van der Waals surface area contributed by atoms with E-state index < -0.39 is 26.8 Å². The molecule has 1 amide bonds. The second kappa shape index (κ2) is 6.78. The van der Waals surface area contributed by atoms with Gasteiger partial charge in [-0.15, -0.1) is 0 Å². The van der Waals surface area contributed by atoms with Crippen molar-refractivity contribution in [1.82, 2.24) is 15.4 Å². The first kappa shape index (κ1) is 17.3. The Morgan fingerprint density at radius 3 is 2.50 bits per heavy atom. The Morgan fingerprint density at radius 1 is 1.25 bits per heavy atom. The molecule has 6 nitrogen and oxygen atoms in total. The fourth-order valence-corrected chi connectivity index (χ4v) is 4.80. The summed E-state index contributed by atoms with van der Waals surface area (Å²) in [6, 6.07) is 5.04. The molecule has 3 atom stereocenters. The first-order valence-electron chi connectivity index (χ1n) is 8.18. The minimum Gasteiger partial charge on any atom is -0.352 e. The van der Waals surface area contributed by atoms with Gasteiger partial charge < -0.3 is 10.6 Å². The number of sulfonamides is 1. The van der Waals surface area contributed by atoms with E-state index in [-0.39, 0.29) is 11.9 Å². The number of hydrogen-bond acceptors (Lipinski definition) is 4. The Balaban J connectivity index is 1.61. The van der Waals surface area contributed by atoms with Crippen LogP contribution in [0.5, 0.6) is 0 Å². The molecule has 2 saturated heterocycles. The van der Waals surface area contributed by atoms with Gasteiger partial charge in [-0.3, -0.25) is 4.79 Å². The van der Waals surface area contributed by atoms with E-state index in [9.17, 15) is 17.6 Å². The molecular weight excluding hydrogens is 333 g/mol. The monoisotopic (exact) mass is 355 g/mol. The maximum absolute atomic E-state index is 13.7. The number of fused-ring (bicyclic) bond motifs is 2. The lowest BCUT2D eigenvalue weighted by Crippen LogP contribution is -2.52. The fourth-order valence-electron chi connectivity index (χ4n) is 3.51. The summed E-state index contributed by atoms with van der Waals surface area (Å²) in [5.74, 6) is -1.23. The van der Waals surface area contributed by atoms with Crippen molar-refractivity contribution in [3.05, 3.63) is 30.1 Å². The zero-order valence-electron chi connectivity index (χ0n) is 13.5. The maximum Gasteiger partial charge on any atom is 0.244 e. The van der Waals surface area contributed by atoms with Gasteiger partial charge in [0, 0.05) is 18.1 Å². The summed E-state index contributed by atoms with van der Waals surface area (Å²) in [7, 11) is -4.08. The summed E-state index contributed by atoms with van der Waals surface area (Å²) < 4.78 is 40.4. The van der Waals surface area contributed by atoms with E-state index in [0.717, 1.165) is 31.7 Å². The zero-order chi connectivity index (χ0) is 17.3. The average Bonchev–Trinajstić information content (AvgIpc) is 2.85. The van der Waals surface area contributed by atoms with E-state index in [1.54, 1.807) is 0 Å². The third kappa shape index (κ3) is 3.76. The SMILES string of the molecule is CC(NS(=O)(=O)c1ccccc1F)C(=O)NC1CC2CCC(C1)N2. The minimum absolute atomic E-state index is 0.0525. The summed E-state index contributed by atoms with van der Waals surface area (Å²) in [4.78, 5) is 11.8. The number of benzene rings is 1. The van der Waals surface area contributed by atoms with Gasteiger partial charge in [0.15, 0.2) is 0 Å². The van der Waals surface area contributed by atoms with Gasteiger partial charge in [0.1, 0.15) is 10.7 Å². The Labute approximate surface area is 141 Å². The highest BCUT2D eigenvalue weighted by atomic mass is 32.2. The summed E-state index contributed by atoms with van der Waals surface area (Å²) in [5, 5.41) is 6.39. The normalized spacial score (nSPS) is 27.7. The molecule has 1 aromatic carbocycles. The molecule has 8 heteroatoms. The lowest BCUT2D eigenvalue weighted by molar-refractivity contribution is -0.123. The molecule has 1 aromatic rings. The highest BCUT2D eigenvalue weighted by Crippen LogP contribution is 2.26. The van der Waals surface area contributed by atoms with Crippen LogP contribution in [0.1, 0.15) is 32.6 Å². The van der Waals surface area contributed by atoms with Crippen molar-refractivity contribution in [2.45, 2.75) is 61.7 Å². The number of nitrogens with one attached hydrogen (secondary N) is 3. The molecule has 132 valence electrons. The first-order chi connectivity index (χ1) is 11.3. The zero-order valence-corrected chi connectivity index (χ0v) is 14.3. The number of piperidine rings is 1. The smallest absolute Gasteiger partial charge is 0.244 e. The van der Waals surface area contributed by atoms with Crippen molar-refractivity contribution < 1.29 is 17.6 Å². The van der Waals surface area contributed by atoms with Crippen LogP contribution in [0.15, 0.2) is 29.2 Å². The predicted molar refractivity (Wildman–Crippen MR) is 87.3 cm³/mol. The number of halogens is 1. The summed E-state index contributed by atoms with van der Waals surface area (Å²) in [6.07, 6.45) is 3.95. The Kier molecular flexibility index (Phi) is 4.89. The molecule has 2 fully saturated rings. The molecule has 24 heavy (non-hydrogen) atoms. The van der Waals surface area contributed by atoms with Crippen LogP contribution in [0.4, 0.5) is 4.39 Å². The van der Waals surface area contributed by atoms with Gasteiger partial charge in [-0.25, -0.2) is 12.8 Å². The quantitative estimate of drug-likeness (QED) is 0.732. The van der Waals surface area contributed by atoms with Crippen molar-refractivity contribution in [3.63, 3.8) is 0 Å². The summed E-state index contributed by atoms with van der Waals surface area (Å²) >= 11 is 0. The highest BCUT2D eigenvalue weighted by Gasteiger charge is 2.35. The van der Waals surface area contributed by atoms with E-state index in [2.05, 4.69) is 15.4 Å². The molecule has 3 rings (SSSR count). The molecule has 2 bridgehead atoms. The fraction of sp³-hybridized carbons (Fsp3) is 0.562. The van der Waals surface area contributed by atoms with E-state index in [1.165, 1.54) is 25.1 Å². The average molecular weight is 355 g/mol. The second-order valence-electron chi connectivity index (χ2n) is 6.59. The standard InChI is InChI=1S/C16H22FN3O3S/c1-10(20-24(22,23)15-5-3-2-4-14(15)17)16(21)19-13-8-11-6-7-12(9-13)18-11/h2-5,10-13,18,20H,6-9H2,1H3,(H,19,21). The molecule has 0 aromatic heterocycles. The Morgan fingerprint density at radius 2 is 1.88 bits per heavy atom. The molecule has 3 N–H and O–H groups in total. The molecule has 3 unspecified atom stereocenters. The number of amides is 1. The number of rotatable bonds is 5. The first-order valence-corrected chi connectivity index (χ1v) is 9.67. The lowest BCUT2D eigenvalue weighted by Gasteiger charge is -2.30. The largest absolute Gasteiger partial charge is 0.352 e. The van der Waals surface area contributed by atoms with Crippen molar-refractivity contribution in [1.29, 1.82) is 0 Å². The van der Waals surface area contributed by atoms with E-state index in [0.29, 0.717) is 12.1 Å². The van der Waals surface area contributed by atoms with Crippen molar-refractivity contribution in [3.8, 4) is 0 Å². The van der Waals surface area contributed by atoms with E-state index in [4.69, 9.17) is 0 Å². The molecule has 2 aliphatic rings. The van der Waals surface area contributed by atoms with Crippen LogP contribution < -0.4 is 15.4 Å². The molecule has 0 saturated carbocycles. The molecular formula is C16H22FN3O3S. The van der Waals surface area contributed by atoms with Gasteiger partial charge in [0.05, 0.1) is 6.04 Å². The van der Waals surface area contributed by atoms with Crippen LogP contribution in [-0.4, -0.2) is 38.5 Å². The van der Waals surface area contributed by atoms with Gasteiger partial charge >= 0.3 is 0 Å². The second-order valence-corrected chi connectivity index (χ2v) is 8.27. The van der Waals surface area contributed by atoms with Crippen LogP contribution in [0.3, 0.4) is 0 Å². The predicted octanol–water partition coefficient (Wildman–Crippen LogP) is 0.892. The van der Waals surface area contributed by atoms with Gasteiger partial charge in [-0.2, -0.15) is 4.72 Å². The summed E-state index contributed by atoms with van der Waals surface area (Å²) in [6.45, 7) is 1.46. The van der Waals surface area contributed by atoms with Crippen LogP contribution in [-0.2, 0) is 14.8 Å². The molecule has 0 spiro atoms. The molecule has 0 aliphatic carbocycles. The maximum atomic E-state index is 13.7. The summed E-state index contributed by atoms with van der Waals surface area (Å²) in [5.41, 5.74) is 0. The molecule has 2 aliphatic heterocycles. The molecule has 2 heterocycles. The highest BCUT2D eigenvalue weighted by molar-refractivity contribution is 7.89. The van der Waals surface area contributed by atoms with Crippen molar-refractivity contribution in [2.75, 3.05) is 0 Å². The van der Waals surface area contributed by atoms with Gasteiger partial charge in [0.2, 0.25) is 15.9 Å². The third-order valence-corrected chi connectivity index (χ3v) is 6.24. The Bertz CT molecular complexity index is 713. The molecule has 0 radical (unpaired) electrons. The van der Waals surface area contributed by atoms with Gasteiger partial charge in [-0.05, 0) is 44.7 Å². The van der Waals surface area contributed by atoms with E-state index >= 15 is 0 Å². The topological polar surface area (TPSA) is 87.3 Å². The van der Waals surface area contributed by atoms with Crippen LogP contribution >= 0.6 is 0 Å². The third-order valence-electron chi connectivity index (χ3n) is 4.67. The van der Waals surface area contributed by atoms with Crippen molar-refractivity contribution >= 4 is 15.9 Å². The number of carbonyl (C=O) groups excluding carboxylic acids is 1. The lowest BCUT2D eigenvalue weighted by atomic mass is 9.99. The van der Waals surface area contributed by atoms with Gasteiger partial charge in [-0.1, -0.05) is 12.1 Å².